The van der Waals surface area contributed by atoms with Crippen molar-refractivity contribution in [1.82, 2.24) is 0 Å². The lowest BCUT2D eigenvalue weighted by atomic mass is 9.44. The highest BCUT2D eigenvalue weighted by Crippen LogP contribution is 2.67. The van der Waals surface area contributed by atoms with E-state index < -0.39 is 0 Å². The number of aliphatic hydroxyl groups excluding tert-OH is 1. The molecule has 1 N–H and O–H groups in total. The predicted octanol–water partition coefficient (Wildman–Crippen LogP) is 4.95. The second kappa shape index (κ2) is 4.60. The van der Waals surface area contributed by atoms with E-state index in [1.54, 1.807) is 0 Å². The first-order valence-corrected chi connectivity index (χ1v) is 9.34. The molecule has 0 aliphatic heterocycles. The van der Waals surface area contributed by atoms with Crippen molar-refractivity contribution in [3.63, 3.8) is 0 Å². The molecule has 0 aromatic rings. The summed E-state index contributed by atoms with van der Waals surface area (Å²) >= 11 is 0. The number of rotatable bonds is 0. The van der Waals surface area contributed by atoms with Crippen molar-refractivity contribution in [2.75, 3.05) is 0 Å². The highest BCUT2D eigenvalue weighted by Gasteiger charge is 2.60. The van der Waals surface area contributed by atoms with Crippen LogP contribution in [0, 0.1) is 34.5 Å². The van der Waals surface area contributed by atoms with Crippen LogP contribution < -0.4 is 0 Å². The van der Waals surface area contributed by atoms with Crippen LogP contribution in [0.4, 0.5) is 0 Å². The molecule has 0 aromatic heterocycles. The molecule has 1 heteroatoms. The van der Waals surface area contributed by atoms with Gasteiger partial charge in [0, 0.05) is 0 Å². The topological polar surface area (TPSA) is 20.2 Å². The fourth-order valence-corrected chi connectivity index (χ4v) is 7.22. The highest BCUT2D eigenvalue weighted by molar-refractivity contribution is 5.21. The molecule has 2 unspecified atom stereocenters. The second-order valence-electron chi connectivity index (χ2n) is 9.06. The smallest absolute Gasteiger partial charge is 0.0599 e. The van der Waals surface area contributed by atoms with Gasteiger partial charge in [0.2, 0.25) is 0 Å². The first-order chi connectivity index (χ1) is 9.98. The van der Waals surface area contributed by atoms with E-state index in [0.29, 0.717) is 5.41 Å². The fourth-order valence-electron chi connectivity index (χ4n) is 7.22. The van der Waals surface area contributed by atoms with Crippen LogP contribution in [0.1, 0.15) is 71.6 Å². The molecule has 21 heavy (non-hydrogen) atoms. The second-order valence-corrected chi connectivity index (χ2v) is 9.06. The van der Waals surface area contributed by atoms with Crippen molar-refractivity contribution in [3.8, 4) is 0 Å². The van der Waals surface area contributed by atoms with Gasteiger partial charge in [-0.3, -0.25) is 0 Å². The maximum atomic E-state index is 10.8. The quantitative estimate of drug-likeness (QED) is 0.626. The zero-order chi connectivity index (χ0) is 14.8. The van der Waals surface area contributed by atoms with Crippen LogP contribution in [-0.4, -0.2) is 11.2 Å². The number of hydrogen-bond acceptors (Lipinski definition) is 1. The summed E-state index contributed by atoms with van der Waals surface area (Å²) in [6, 6.07) is 0. The van der Waals surface area contributed by atoms with E-state index in [1.807, 2.05) is 0 Å². The third kappa shape index (κ3) is 1.73. The molecule has 4 saturated carbocycles. The fraction of sp³-hybridized carbons (Fsp3) is 0.900. The summed E-state index contributed by atoms with van der Waals surface area (Å²) in [6.07, 6.45) is 11.7. The molecular formula is C20H32O. The first-order valence-electron chi connectivity index (χ1n) is 9.34. The molecule has 0 heterocycles. The van der Waals surface area contributed by atoms with Gasteiger partial charge >= 0.3 is 0 Å². The molecule has 0 spiro atoms. The van der Waals surface area contributed by atoms with Gasteiger partial charge in [-0.25, -0.2) is 0 Å². The standard InChI is InChI=1S/C20H32O/c1-13-7-10-16-15-9-8-14-5-4-6-18(21)20(14,3)17(15)11-12-19(13,16)2/h14-18,21H,1,4-12H2,2-3H3/t14?,15-,16-,17+,18?,19+,20-/m0/s1. The first kappa shape index (κ1) is 14.3. The molecule has 0 radical (unpaired) electrons. The average Bonchev–Trinajstić information content (AvgIpc) is 2.76. The molecular weight excluding hydrogens is 256 g/mol. The van der Waals surface area contributed by atoms with E-state index in [1.165, 1.54) is 56.9 Å². The van der Waals surface area contributed by atoms with Crippen molar-refractivity contribution in [3.05, 3.63) is 12.2 Å². The molecule has 4 fully saturated rings. The average molecular weight is 288 g/mol. The Bertz CT molecular complexity index is 455. The van der Waals surface area contributed by atoms with Crippen LogP contribution in [-0.2, 0) is 0 Å². The Balaban J connectivity index is 1.69. The number of allylic oxidation sites excluding steroid dienone is 1. The molecule has 4 aliphatic carbocycles. The summed E-state index contributed by atoms with van der Waals surface area (Å²) in [6.45, 7) is 9.36. The van der Waals surface area contributed by atoms with Crippen molar-refractivity contribution < 1.29 is 5.11 Å². The normalized spacial score (nSPS) is 56.5. The van der Waals surface area contributed by atoms with Gasteiger partial charge in [0.15, 0.2) is 0 Å². The Morgan fingerprint density at radius 1 is 1.00 bits per heavy atom. The summed E-state index contributed by atoms with van der Waals surface area (Å²) in [4.78, 5) is 0. The van der Waals surface area contributed by atoms with Gasteiger partial charge in [-0.1, -0.05) is 32.4 Å². The molecule has 4 rings (SSSR count). The summed E-state index contributed by atoms with van der Waals surface area (Å²) in [5.74, 6) is 3.28. The van der Waals surface area contributed by atoms with Gasteiger partial charge in [0.1, 0.15) is 0 Å². The van der Waals surface area contributed by atoms with E-state index in [2.05, 4.69) is 20.4 Å². The van der Waals surface area contributed by atoms with Crippen molar-refractivity contribution in [2.45, 2.75) is 77.7 Å². The number of hydrogen-bond donors (Lipinski definition) is 1. The Kier molecular flexibility index (Phi) is 3.13. The van der Waals surface area contributed by atoms with Gasteiger partial charge in [0.25, 0.3) is 0 Å². The SMILES string of the molecule is C=C1CC[C@H]2[C@@H]3CCC4CCCC(O)[C@]4(C)[C@@H]3CC[C@]12C. The third-order valence-electron chi connectivity index (χ3n) is 8.67. The van der Waals surface area contributed by atoms with Gasteiger partial charge in [0.05, 0.1) is 6.10 Å². The number of aliphatic hydroxyl groups is 1. The molecule has 0 bridgehead atoms. The molecule has 0 saturated heterocycles. The summed E-state index contributed by atoms with van der Waals surface area (Å²) in [7, 11) is 0. The van der Waals surface area contributed by atoms with Crippen LogP contribution in [0.15, 0.2) is 12.2 Å². The van der Waals surface area contributed by atoms with E-state index in [9.17, 15) is 5.11 Å². The maximum absolute atomic E-state index is 10.8. The van der Waals surface area contributed by atoms with Crippen LogP contribution in [0.2, 0.25) is 0 Å². The minimum absolute atomic E-state index is 0.0435. The van der Waals surface area contributed by atoms with Crippen molar-refractivity contribution in [2.24, 2.45) is 34.5 Å². The largest absolute Gasteiger partial charge is 0.393 e. The van der Waals surface area contributed by atoms with E-state index >= 15 is 0 Å². The van der Waals surface area contributed by atoms with Crippen LogP contribution >= 0.6 is 0 Å². The minimum Gasteiger partial charge on any atom is -0.393 e. The lowest BCUT2D eigenvalue weighted by molar-refractivity contribution is -0.156. The Morgan fingerprint density at radius 3 is 2.62 bits per heavy atom. The van der Waals surface area contributed by atoms with Gasteiger partial charge in [-0.2, -0.15) is 0 Å². The van der Waals surface area contributed by atoms with Crippen LogP contribution in [0.25, 0.3) is 0 Å². The molecule has 1 nitrogen and oxygen atoms in total. The summed E-state index contributed by atoms with van der Waals surface area (Å²) < 4.78 is 0. The van der Waals surface area contributed by atoms with Gasteiger partial charge in [-0.05, 0) is 85.9 Å². The molecule has 0 amide bonds. The summed E-state index contributed by atoms with van der Waals surface area (Å²) in [5, 5.41) is 10.8. The molecule has 0 aromatic carbocycles. The Labute approximate surface area is 130 Å². The monoisotopic (exact) mass is 288 g/mol. The van der Waals surface area contributed by atoms with Crippen molar-refractivity contribution in [1.29, 1.82) is 0 Å². The molecule has 118 valence electrons. The van der Waals surface area contributed by atoms with E-state index in [4.69, 9.17) is 0 Å². The maximum Gasteiger partial charge on any atom is 0.0599 e. The van der Waals surface area contributed by atoms with Gasteiger partial charge < -0.3 is 5.11 Å². The van der Waals surface area contributed by atoms with E-state index in [0.717, 1.165) is 30.1 Å². The number of fused-ring (bicyclic) bond motifs is 5. The summed E-state index contributed by atoms with van der Waals surface area (Å²) in [5.41, 5.74) is 2.17. The van der Waals surface area contributed by atoms with Gasteiger partial charge in [-0.15, -0.1) is 0 Å². The minimum atomic E-state index is -0.0435. The predicted molar refractivity (Wildman–Crippen MR) is 86.9 cm³/mol. The van der Waals surface area contributed by atoms with Crippen LogP contribution in [0.5, 0.6) is 0 Å². The van der Waals surface area contributed by atoms with Crippen molar-refractivity contribution >= 4 is 0 Å². The van der Waals surface area contributed by atoms with Crippen LogP contribution in [0.3, 0.4) is 0 Å². The zero-order valence-corrected chi connectivity index (χ0v) is 13.9. The lowest BCUT2D eigenvalue weighted by Gasteiger charge is -2.61. The Morgan fingerprint density at radius 2 is 1.81 bits per heavy atom. The molecule has 7 atom stereocenters. The molecule has 4 aliphatic rings. The Hall–Kier alpha value is -0.300. The third-order valence-corrected chi connectivity index (χ3v) is 8.67. The zero-order valence-electron chi connectivity index (χ0n) is 13.9. The van der Waals surface area contributed by atoms with E-state index in [-0.39, 0.29) is 11.5 Å². The highest BCUT2D eigenvalue weighted by atomic mass is 16.3. The lowest BCUT2D eigenvalue weighted by Crippen LogP contribution is -2.57.